The van der Waals surface area contributed by atoms with Crippen molar-refractivity contribution in [2.45, 2.75) is 39.2 Å². The van der Waals surface area contributed by atoms with Gasteiger partial charge in [0, 0.05) is 37.6 Å². The van der Waals surface area contributed by atoms with Gasteiger partial charge in [-0.05, 0) is 38.1 Å². The fraction of sp³-hybridized carbons (Fsp3) is 0.579. The zero-order valence-corrected chi connectivity index (χ0v) is 16.0. The molecule has 144 valence electrons. The first kappa shape index (κ1) is 20.2. The number of aromatic amines is 1. The van der Waals surface area contributed by atoms with Crippen molar-refractivity contribution in [1.82, 2.24) is 20.4 Å². The van der Waals surface area contributed by atoms with E-state index in [4.69, 9.17) is 0 Å². The molecule has 2 N–H and O–H groups in total. The molecule has 6 nitrogen and oxygen atoms in total. The van der Waals surface area contributed by atoms with Gasteiger partial charge in [-0.3, -0.25) is 9.89 Å². The second-order valence-corrected chi connectivity index (χ2v) is 6.71. The fourth-order valence-corrected chi connectivity index (χ4v) is 3.09. The fourth-order valence-electron chi connectivity index (χ4n) is 3.09. The second kappa shape index (κ2) is 10.1. The quantitative estimate of drug-likeness (QED) is 0.775. The highest BCUT2D eigenvalue weighted by molar-refractivity contribution is 5.90. The first-order valence-corrected chi connectivity index (χ1v) is 9.35. The van der Waals surface area contributed by atoms with Crippen LogP contribution in [-0.4, -0.2) is 60.8 Å². The lowest BCUT2D eigenvalue weighted by Crippen LogP contribution is -2.44. The first-order valence-electron chi connectivity index (χ1n) is 9.35. The van der Waals surface area contributed by atoms with Crippen LogP contribution >= 0.6 is 0 Å². The number of nitrogens with zero attached hydrogens (tertiary/aromatic N) is 3. The molecule has 0 radical (unpaired) electrons. The van der Waals surface area contributed by atoms with Crippen LogP contribution in [0.1, 0.15) is 33.1 Å². The third-order valence-corrected chi connectivity index (χ3v) is 4.74. The van der Waals surface area contributed by atoms with E-state index in [-0.39, 0.29) is 5.82 Å². The molecule has 1 atom stereocenters. The van der Waals surface area contributed by atoms with Crippen LogP contribution in [0, 0.1) is 5.82 Å². The van der Waals surface area contributed by atoms with Crippen molar-refractivity contribution in [2.24, 2.45) is 0 Å². The van der Waals surface area contributed by atoms with Crippen molar-refractivity contribution in [2.75, 3.05) is 38.1 Å². The number of likely N-dealkylation sites (N-methyl/N-ethyl adjacent to an activating group) is 1. The summed E-state index contributed by atoms with van der Waals surface area (Å²) in [6.45, 7) is 8.21. The lowest BCUT2D eigenvalue weighted by Gasteiger charge is -2.32. The van der Waals surface area contributed by atoms with Crippen LogP contribution in [0.4, 0.5) is 10.2 Å². The van der Waals surface area contributed by atoms with E-state index in [1.807, 2.05) is 0 Å². The lowest BCUT2D eigenvalue weighted by molar-refractivity contribution is -0.110. The molecule has 7 heteroatoms. The van der Waals surface area contributed by atoms with E-state index >= 15 is 0 Å². The van der Waals surface area contributed by atoms with Gasteiger partial charge in [-0.25, -0.2) is 4.39 Å². The molecule has 3 rings (SSSR count). The molecule has 0 spiro atoms. The van der Waals surface area contributed by atoms with E-state index < -0.39 is 0 Å². The van der Waals surface area contributed by atoms with Gasteiger partial charge in [-0.15, -0.1) is 0 Å². The van der Waals surface area contributed by atoms with Gasteiger partial charge in [0.1, 0.15) is 5.82 Å². The number of benzene rings is 1. The summed E-state index contributed by atoms with van der Waals surface area (Å²) in [7, 11) is 2.12. The molecule has 2 heterocycles. The lowest BCUT2D eigenvalue weighted by atomic mass is 10.1. The summed E-state index contributed by atoms with van der Waals surface area (Å²) in [6.07, 6.45) is 4.05. The van der Waals surface area contributed by atoms with Gasteiger partial charge in [0.15, 0.2) is 5.82 Å². The Morgan fingerprint density at radius 1 is 1.31 bits per heavy atom. The van der Waals surface area contributed by atoms with Crippen molar-refractivity contribution in [3.05, 3.63) is 24.0 Å². The average molecular weight is 363 g/mol. The number of piperazine rings is 1. The number of carbonyl (C=O) groups excluding carboxylic acids is 1. The van der Waals surface area contributed by atoms with Crippen LogP contribution < -0.4 is 10.2 Å². The van der Waals surface area contributed by atoms with Crippen molar-refractivity contribution >= 4 is 23.1 Å². The Kier molecular flexibility index (Phi) is 7.84. The highest BCUT2D eigenvalue weighted by atomic mass is 19.1. The normalized spacial score (nSPS) is 16.1. The molecule has 1 aliphatic rings. The van der Waals surface area contributed by atoms with Gasteiger partial charge in [0.2, 0.25) is 6.41 Å². The number of H-pyrrole nitrogens is 1. The molecule has 2 aromatic rings. The standard InChI is InChI=1S/C12H15FN4.C7H15NO/c1-16-4-6-17(7-5-16)12-10-3-2-9(13)8-11(10)14-15-12;1-3-5-7(4-2)8-6-9/h2-3,8H,4-7H2,1H3,(H,14,15);6-7H,3-5H2,1-2H3,(H,8,9). The van der Waals surface area contributed by atoms with Crippen molar-refractivity contribution < 1.29 is 9.18 Å². The van der Waals surface area contributed by atoms with E-state index in [0.29, 0.717) is 6.04 Å². The highest BCUT2D eigenvalue weighted by Gasteiger charge is 2.18. The number of fused-ring (bicyclic) bond motifs is 1. The monoisotopic (exact) mass is 363 g/mol. The van der Waals surface area contributed by atoms with Crippen LogP contribution in [0.3, 0.4) is 0 Å². The maximum atomic E-state index is 13.1. The predicted octanol–water partition coefficient (Wildman–Crippen LogP) is 2.76. The summed E-state index contributed by atoms with van der Waals surface area (Å²) in [5.74, 6) is 0.708. The summed E-state index contributed by atoms with van der Waals surface area (Å²) < 4.78 is 13.1. The van der Waals surface area contributed by atoms with Crippen molar-refractivity contribution in [3.63, 3.8) is 0 Å². The molecule has 0 saturated carbocycles. The summed E-state index contributed by atoms with van der Waals surface area (Å²) in [5, 5.41) is 10.9. The molecule has 1 fully saturated rings. The maximum absolute atomic E-state index is 13.1. The van der Waals surface area contributed by atoms with Crippen LogP contribution in [0.2, 0.25) is 0 Å². The Bertz CT molecular complexity index is 682. The van der Waals surface area contributed by atoms with E-state index in [0.717, 1.165) is 68.6 Å². The van der Waals surface area contributed by atoms with Crippen LogP contribution in [0.5, 0.6) is 0 Å². The summed E-state index contributed by atoms with van der Waals surface area (Å²) in [4.78, 5) is 14.5. The van der Waals surface area contributed by atoms with Gasteiger partial charge >= 0.3 is 0 Å². The molecule has 26 heavy (non-hydrogen) atoms. The molecular formula is C19H30FN5O. The maximum Gasteiger partial charge on any atom is 0.207 e. The number of anilines is 1. The van der Waals surface area contributed by atoms with Crippen molar-refractivity contribution in [1.29, 1.82) is 0 Å². The van der Waals surface area contributed by atoms with Crippen LogP contribution in [-0.2, 0) is 4.79 Å². The smallest absolute Gasteiger partial charge is 0.207 e. The number of aromatic nitrogens is 2. The SMILES string of the molecule is CCCC(CC)NC=O.CN1CCN(c2n[nH]c3cc(F)ccc23)CC1. The number of carbonyl (C=O) groups is 1. The second-order valence-electron chi connectivity index (χ2n) is 6.71. The number of hydrogen-bond donors (Lipinski definition) is 2. The Labute approximate surface area is 154 Å². The minimum Gasteiger partial charge on any atom is -0.356 e. The third-order valence-electron chi connectivity index (χ3n) is 4.74. The molecule has 1 aromatic heterocycles. The Hall–Kier alpha value is -2.15. The molecule has 1 saturated heterocycles. The van der Waals surface area contributed by atoms with Crippen LogP contribution in [0.25, 0.3) is 10.9 Å². The van der Waals surface area contributed by atoms with Gasteiger partial charge < -0.3 is 15.1 Å². The average Bonchev–Trinajstić information content (AvgIpc) is 3.05. The third kappa shape index (κ3) is 5.42. The summed E-state index contributed by atoms with van der Waals surface area (Å²) in [5.41, 5.74) is 0.763. The summed E-state index contributed by atoms with van der Waals surface area (Å²) >= 11 is 0. The number of hydrogen-bond acceptors (Lipinski definition) is 4. The minimum absolute atomic E-state index is 0.230. The van der Waals surface area contributed by atoms with Gasteiger partial charge in [0.05, 0.1) is 5.52 Å². The van der Waals surface area contributed by atoms with Gasteiger partial charge in [-0.2, -0.15) is 5.10 Å². The first-order chi connectivity index (χ1) is 12.6. The van der Waals surface area contributed by atoms with Gasteiger partial charge in [-0.1, -0.05) is 20.3 Å². The number of halogens is 1. The molecule has 1 unspecified atom stereocenters. The highest BCUT2D eigenvalue weighted by Crippen LogP contribution is 2.25. The van der Waals surface area contributed by atoms with E-state index in [2.05, 4.69) is 46.2 Å². The molecule has 0 bridgehead atoms. The summed E-state index contributed by atoms with van der Waals surface area (Å²) in [6, 6.07) is 5.16. The molecule has 1 amide bonds. The Morgan fingerprint density at radius 3 is 2.65 bits per heavy atom. The number of rotatable bonds is 6. The topological polar surface area (TPSA) is 64.3 Å². The van der Waals surface area contributed by atoms with E-state index in [9.17, 15) is 9.18 Å². The Balaban J connectivity index is 0.000000232. The largest absolute Gasteiger partial charge is 0.356 e. The molecule has 1 aromatic carbocycles. The minimum atomic E-state index is -0.230. The van der Waals surface area contributed by atoms with Crippen molar-refractivity contribution in [3.8, 4) is 0 Å². The Morgan fingerprint density at radius 2 is 2.04 bits per heavy atom. The van der Waals surface area contributed by atoms with Gasteiger partial charge in [0.25, 0.3) is 0 Å². The zero-order chi connectivity index (χ0) is 18.9. The number of amides is 1. The molecule has 0 aliphatic carbocycles. The van der Waals surface area contributed by atoms with E-state index in [1.165, 1.54) is 12.1 Å². The zero-order valence-electron chi connectivity index (χ0n) is 16.0. The number of nitrogens with one attached hydrogen (secondary N) is 2. The predicted molar refractivity (Wildman–Crippen MR) is 104 cm³/mol. The van der Waals surface area contributed by atoms with E-state index in [1.54, 1.807) is 6.07 Å². The van der Waals surface area contributed by atoms with Crippen LogP contribution in [0.15, 0.2) is 18.2 Å². The molecular weight excluding hydrogens is 333 g/mol. The molecule has 1 aliphatic heterocycles.